The quantitative estimate of drug-likeness (QED) is 0.833. The van der Waals surface area contributed by atoms with Gasteiger partial charge in [0.2, 0.25) is 5.91 Å². The average molecular weight is 373 g/mol. The molecule has 2 amide bonds. The lowest BCUT2D eigenvalue weighted by molar-refractivity contribution is -0.121. The molecule has 1 heterocycles. The normalized spacial score (nSPS) is 17.7. The van der Waals surface area contributed by atoms with Crippen LogP contribution < -0.4 is 10.2 Å². The maximum atomic E-state index is 12.6. The highest BCUT2D eigenvalue weighted by atomic mass is 79.9. The second-order valence-electron chi connectivity index (χ2n) is 5.74. The number of hydrogen-bond acceptors (Lipinski definition) is 3. The minimum atomic E-state index is -0.520. The van der Waals surface area contributed by atoms with Crippen molar-refractivity contribution < 1.29 is 9.59 Å². The molecule has 0 radical (unpaired) electrons. The summed E-state index contributed by atoms with van der Waals surface area (Å²) in [6.07, 6.45) is 0.168. The molecule has 1 N–H and O–H groups in total. The summed E-state index contributed by atoms with van der Waals surface area (Å²) in [5, 5.41) is 3.18. The van der Waals surface area contributed by atoms with E-state index in [0.717, 1.165) is 15.7 Å². The van der Waals surface area contributed by atoms with Crippen molar-refractivity contribution in [3.63, 3.8) is 0 Å². The van der Waals surface area contributed by atoms with Crippen LogP contribution in [0.3, 0.4) is 0 Å². The minimum absolute atomic E-state index is 0.168. The Hall–Kier alpha value is -2.14. The highest BCUT2D eigenvalue weighted by molar-refractivity contribution is 9.10. The fourth-order valence-corrected chi connectivity index (χ4v) is 2.90. The topological polar surface area (TPSA) is 49.4 Å². The molecular formula is C18H17BrN2O2. The van der Waals surface area contributed by atoms with Gasteiger partial charge in [0.05, 0.1) is 12.1 Å². The highest BCUT2D eigenvalue weighted by Gasteiger charge is 2.39. The first kappa shape index (κ1) is 15.7. The van der Waals surface area contributed by atoms with Crippen molar-refractivity contribution in [1.29, 1.82) is 0 Å². The third kappa shape index (κ3) is 3.15. The maximum Gasteiger partial charge on any atom is 0.256 e. The van der Waals surface area contributed by atoms with E-state index in [2.05, 4.69) is 21.2 Å². The van der Waals surface area contributed by atoms with Crippen LogP contribution in [0.25, 0.3) is 0 Å². The first-order chi connectivity index (χ1) is 11.0. The largest absolute Gasteiger partial charge is 0.373 e. The predicted molar refractivity (Wildman–Crippen MR) is 94.6 cm³/mol. The van der Waals surface area contributed by atoms with Crippen LogP contribution in [0, 0.1) is 13.8 Å². The van der Waals surface area contributed by atoms with Gasteiger partial charge in [-0.05, 0) is 61.4 Å². The SMILES string of the molecule is Cc1ccc(NC2CC(=O)N(c3ccc(Br)cc3)C2=O)cc1C. The molecule has 1 aliphatic heterocycles. The van der Waals surface area contributed by atoms with Crippen LogP contribution >= 0.6 is 15.9 Å². The van der Waals surface area contributed by atoms with Crippen LogP contribution in [-0.4, -0.2) is 17.9 Å². The molecule has 5 heteroatoms. The van der Waals surface area contributed by atoms with Crippen molar-refractivity contribution in [2.75, 3.05) is 10.2 Å². The molecule has 0 aromatic heterocycles. The Morgan fingerprint density at radius 3 is 2.39 bits per heavy atom. The number of nitrogens with one attached hydrogen (secondary N) is 1. The van der Waals surface area contributed by atoms with Crippen LogP contribution in [0.15, 0.2) is 46.9 Å². The van der Waals surface area contributed by atoms with E-state index in [4.69, 9.17) is 0 Å². The fraction of sp³-hybridized carbons (Fsp3) is 0.222. The Kier molecular flexibility index (Phi) is 4.22. The van der Waals surface area contributed by atoms with Crippen LogP contribution in [0.5, 0.6) is 0 Å². The van der Waals surface area contributed by atoms with Gasteiger partial charge in [-0.3, -0.25) is 9.59 Å². The number of carbonyl (C=O) groups excluding carboxylic acids is 2. The van der Waals surface area contributed by atoms with Gasteiger partial charge < -0.3 is 5.32 Å². The van der Waals surface area contributed by atoms with Crippen molar-refractivity contribution in [3.8, 4) is 0 Å². The fourth-order valence-electron chi connectivity index (χ4n) is 2.64. The summed E-state index contributed by atoms with van der Waals surface area (Å²) in [6.45, 7) is 4.06. The van der Waals surface area contributed by atoms with Crippen molar-refractivity contribution in [3.05, 3.63) is 58.1 Å². The van der Waals surface area contributed by atoms with Crippen LogP contribution in [0.1, 0.15) is 17.5 Å². The average Bonchev–Trinajstić information content (AvgIpc) is 2.79. The number of benzene rings is 2. The first-order valence-electron chi connectivity index (χ1n) is 7.42. The van der Waals surface area contributed by atoms with Crippen molar-refractivity contribution >= 4 is 39.1 Å². The van der Waals surface area contributed by atoms with Crippen LogP contribution in [0.2, 0.25) is 0 Å². The number of amides is 2. The van der Waals surface area contributed by atoms with Gasteiger partial charge in [0.1, 0.15) is 6.04 Å². The first-order valence-corrected chi connectivity index (χ1v) is 8.21. The number of anilines is 2. The lowest BCUT2D eigenvalue weighted by Gasteiger charge is -2.16. The van der Waals surface area contributed by atoms with E-state index in [1.165, 1.54) is 10.5 Å². The second-order valence-corrected chi connectivity index (χ2v) is 6.66. The second kappa shape index (κ2) is 6.16. The van der Waals surface area contributed by atoms with E-state index in [9.17, 15) is 9.59 Å². The van der Waals surface area contributed by atoms with Gasteiger partial charge in [0.15, 0.2) is 0 Å². The van der Waals surface area contributed by atoms with Gasteiger partial charge in [-0.1, -0.05) is 22.0 Å². The van der Waals surface area contributed by atoms with Crippen LogP contribution in [0.4, 0.5) is 11.4 Å². The molecular weight excluding hydrogens is 356 g/mol. The smallest absolute Gasteiger partial charge is 0.256 e. The van der Waals surface area contributed by atoms with Gasteiger partial charge in [0, 0.05) is 10.2 Å². The van der Waals surface area contributed by atoms with E-state index in [0.29, 0.717) is 5.69 Å². The third-order valence-electron chi connectivity index (χ3n) is 4.08. The van der Waals surface area contributed by atoms with Crippen molar-refractivity contribution in [2.24, 2.45) is 0 Å². The Morgan fingerprint density at radius 1 is 1.04 bits per heavy atom. The Bertz CT molecular complexity index is 771. The Labute approximate surface area is 143 Å². The molecule has 0 aliphatic carbocycles. The molecule has 0 saturated carbocycles. The molecule has 1 fully saturated rings. The molecule has 1 saturated heterocycles. The molecule has 0 bridgehead atoms. The molecule has 1 unspecified atom stereocenters. The number of nitrogens with zero attached hydrogens (tertiary/aromatic N) is 1. The molecule has 1 atom stereocenters. The van der Waals surface area contributed by atoms with Crippen molar-refractivity contribution in [1.82, 2.24) is 0 Å². The third-order valence-corrected chi connectivity index (χ3v) is 4.61. The monoisotopic (exact) mass is 372 g/mol. The summed E-state index contributed by atoms with van der Waals surface area (Å²) in [5.74, 6) is -0.394. The molecule has 118 valence electrons. The van der Waals surface area contributed by atoms with Gasteiger partial charge in [-0.25, -0.2) is 4.90 Å². The zero-order valence-electron chi connectivity index (χ0n) is 13.0. The maximum absolute atomic E-state index is 12.6. The number of halogens is 1. The molecule has 1 aliphatic rings. The minimum Gasteiger partial charge on any atom is -0.373 e. The van der Waals surface area contributed by atoms with Gasteiger partial charge in [-0.15, -0.1) is 0 Å². The number of carbonyl (C=O) groups is 2. The lowest BCUT2D eigenvalue weighted by Crippen LogP contribution is -2.34. The molecule has 23 heavy (non-hydrogen) atoms. The Morgan fingerprint density at radius 2 is 1.74 bits per heavy atom. The highest BCUT2D eigenvalue weighted by Crippen LogP contribution is 2.26. The number of aryl methyl sites for hydroxylation is 2. The zero-order chi connectivity index (χ0) is 16.6. The standard InChI is InChI=1S/C18H17BrN2O2/c1-11-3-6-14(9-12(11)2)20-16-10-17(22)21(18(16)23)15-7-4-13(19)5-8-15/h3-9,16,20H,10H2,1-2H3. The van der Waals surface area contributed by atoms with E-state index in [1.54, 1.807) is 12.1 Å². The van der Waals surface area contributed by atoms with E-state index >= 15 is 0 Å². The molecule has 2 aromatic rings. The zero-order valence-corrected chi connectivity index (χ0v) is 14.6. The summed E-state index contributed by atoms with van der Waals surface area (Å²) in [5.41, 5.74) is 3.81. The molecule has 3 rings (SSSR count). The van der Waals surface area contributed by atoms with E-state index in [-0.39, 0.29) is 18.2 Å². The van der Waals surface area contributed by atoms with Gasteiger partial charge in [-0.2, -0.15) is 0 Å². The summed E-state index contributed by atoms with van der Waals surface area (Å²) >= 11 is 3.35. The summed E-state index contributed by atoms with van der Waals surface area (Å²) in [4.78, 5) is 26.1. The van der Waals surface area contributed by atoms with E-state index in [1.807, 2.05) is 44.2 Å². The van der Waals surface area contributed by atoms with Crippen molar-refractivity contribution in [2.45, 2.75) is 26.3 Å². The molecule has 2 aromatic carbocycles. The number of rotatable bonds is 3. The number of imide groups is 1. The summed E-state index contributed by atoms with van der Waals surface area (Å²) < 4.78 is 0.908. The summed E-state index contributed by atoms with van der Waals surface area (Å²) in [6, 6.07) is 12.6. The predicted octanol–water partition coefficient (Wildman–Crippen LogP) is 3.81. The summed E-state index contributed by atoms with van der Waals surface area (Å²) in [7, 11) is 0. The molecule has 0 spiro atoms. The van der Waals surface area contributed by atoms with Gasteiger partial charge >= 0.3 is 0 Å². The van der Waals surface area contributed by atoms with Crippen LogP contribution in [-0.2, 0) is 9.59 Å². The Balaban J connectivity index is 1.80. The molecule has 4 nitrogen and oxygen atoms in total. The van der Waals surface area contributed by atoms with Gasteiger partial charge in [0.25, 0.3) is 5.91 Å². The number of hydrogen-bond donors (Lipinski definition) is 1. The van der Waals surface area contributed by atoms with E-state index < -0.39 is 6.04 Å². The lowest BCUT2D eigenvalue weighted by atomic mass is 10.1.